The van der Waals surface area contributed by atoms with Gasteiger partial charge in [0.25, 0.3) is 5.91 Å². The van der Waals surface area contributed by atoms with E-state index in [-0.39, 0.29) is 11.8 Å². The van der Waals surface area contributed by atoms with Crippen LogP contribution in [0, 0.1) is 5.92 Å². The highest BCUT2D eigenvalue weighted by Crippen LogP contribution is 2.30. The van der Waals surface area contributed by atoms with Gasteiger partial charge in [-0.1, -0.05) is 13.8 Å². The van der Waals surface area contributed by atoms with Crippen molar-refractivity contribution in [2.24, 2.45) is 5.92 Å². The highest BCUT2D eigenvalue weighted by Gasteiger charge is 2.27. The van der Waals surface area contributed by atoms with Gasteiger partial charge in [-0.2, -0.15) is 0 Å². The minimum absolute atomic E-state index is 0.0414. The van der Waals surface area contributed by atoms with E-state index >= 15 is 0 Å². The molecule has 1 unspecified atom stereocenters. The molecule has 1 aliphatic rings. The second kappa shape index (κ2) is 5.63. The summed E-state index contributed by atoms with van der Waals surface area (Å²) in [5.41, 5.74) is 1.20. The van der Waals surface area contributed by atoms with Crippen LogP contribution in [0.2, 0.25) is 0 Å². The number of hydrogen-bond acceptors (Lipinski definition) is 3. The van der Waals surface area contributed by atoms with Crippen LogP contribution in [0.1, 0.15) is 54.4 Å². The molecule has 2 N–H and O–H groups in total. The van der Waals surface area contributed by atoms with Crippen LogP contribution in [0.4, 0.5) is 0 Å². The van der Waals surface area contributed by atoms with Crippen LogP contribution in [0.25, 0.3) is 0 Å². The van der Waals surface area contributed by atoms with Gasteiger partial charge in [0.05, 0.1) is 11.2 Å². The van der Waals surface area contributed by atoms with E-state index < -0.39 is 5.60 Å². The van der Waals surface area contributed by atoms with Gasteiger partial charge in [0.15, 0.2) is 0 Å². The second-order valence-electron chi connectivity index (χ2n) is 5.95. The molecule has 0 radical (unpaired) electrons. The van der Waals surface area contributed by atoms with Gasteiger partial charge in [-0.15, -0.1) is 11.3 Å². The lowest BCUT2D eigenvalue weighted by molar-refractivity contribution is 0.0142. The predicted molar refractivity (Wildman–Crippen MR) is 78.8 cm³/mol. The summed E-state index contributed by atoms with van der Waals surface area (Å²) in [6, 6.07) is 0. The van der Waals surface area contributed by atoms with E-state index in [0.29, 0.717) is 6.54 Å². The van der Waals surface area contributed by atoms with E-state index in [2.05, 4.69) is 5.32 Å². The molecule has 0 spiro atoms. The molecule has 0 fully saturated rings. The Hall–Kier alpha value is -0.870. The van der Waals surface area contributed by atoms with E-state index in [4.69, 9.17) is 0 Å². The van der Waals surface area contributed by atoms with Crippen molar-refractivity contribution in [2.75, 3.05) is 6.54 Å². The number of aryl methyl sites for hydroxylation is 1. The molecule has 1 atom stereocenters. The van der Waals surface area contributed by atoms with Gasteiger partial charge in [-0.3, -0.25) is 4.79 Å². The summed E-state index contributed by atoms with van der Waals surface area (Å²) in [7, 11) is 0. The van der Waals surface area contributed by atoms with Crippen molar-refractivity contribution in [3.63, 3.8) is 0 Å². The molecule has 4 heteroatoms. The first-order valence-electron chi connectivity index (χ1n) is 7.01. The molecule has 1 aliphatic carbocycles. The molecule has 1 amide bonds. The number of thiophene rings is 1. The van der Waals surface area contributed by atoms with Crippen molar-refractivity contribution < 1.29 is 9.90 Å². The quantitative estimate of drug-likeness (QED) is 0.891. The molecule has 0 saturated carbocycles. The van der Waals surface area contributed by atoms with Gasteiger partial charge in [0.1, 0.15) is 0 Å². The Bertz CT molecular complexity index is 463. The minimum atomic E-state index is -0.855. The third-order valence-electron chi connectivity index (χ3n) is 4.16. The van der Waals surface area contributed by atoms with Crippen LogP contribution in [0.3, 0.4) is 0 Å². The molecular weight excluding hydrogens is 258 g/mol. The molecule has 0 aliphatic heterocycles. The summed E-state index contributed by atoms with van der Waals surface area (Å²) in [5.74, 6) is 0.0736. The monoisotopic (exact) mass is 281 g/mol. The van der Waals surface area contributed by atoms with Crippen LogP contribution in [-0.2, 0) is 12.8 Å². The third-order valence-corrected chi connectivity index (χ3v) is 5.25. The van der Waals surface area contributed by atoms with Crippen molar-refractivity contribution in [3.05, 3.63) is 21.4 Å². The lowest BCUT2D eigenvalue weighted by atomic mass is 9.92. The number of amides is 1. The highest BCUT2D eigenvalue weighted by molar-refractivity contribution is 7.10. The Morgan fingerprint density at radius 3 is 2.84 bits per heavy atom. The van der Waals surface area contributed by atoms with E-state index in [9.17, 15) is 9.90 Å². The molecule has 1 aromatic heterocycles. The topological polar surface area (TPSA) is 49.3 Å². The summed E-state index contributed by atoms with van der Waals surface area (Å²) in [6.07, 6.45) is 4.53. The number of fused-ring (bicyclic) bond motifs is 1. The fourth-order valence-corrected chi connectivity index (χ4v) is 3.37. The van der Waals surface area contributed by atoms with Gasteiger partial charge >= 0.3 is 0 Å². The fourth-order valence-electron chi connectivity index (χ4n) is 2.24. The first-order valence-corrected chi connectivity index (χ1v) is 7.89. The van der Waals surface area contributed by atoms with E-state index in [1.807, 2.05) is 19.2 Å². The number of aliphatic hydroxyl groups is 1. The Morgan fingerprint density at radius 2 is 2.16 bits per heavy atom. The van der Waals surface area contributed by atoms with Crippen molar-refractivity contribution in [2.45, 2.75) is 52.1 Å². The number of rotatable bonds is 4. The van der Waals surface area contributed by atoms with Gasteiger partial charge in [0, 0.05) is 16.8 Å². The number of nitrogens with one attached hydrogen (secondary N) is 1. The zero-order valence-corrected chi connectivity index (χ0v) is 12.8. The average molecular weight is 281 g/mol. The first kappa shape index (κ1) is 14.5. The zero-order valence-electron chi connectivity index (χ0n) is 12.0. The van der Waals surface area contributed by atoms with Crippen LogP contribution in [0.5, 0.6) is 0 Å². The average Bonchev–Trinajstić information content (AvgIpc) is 2.79. The maximum atomic E-state index is 12.2. The molecule has 0 saturated heterocycles. The Morgan fingerprint density at radius 1 is 1.47 bits per heavy atom. The van der Waals surface area contributed by atoms with Crippen LogP contribution >= 0.6 is 11.3 Å². The van der Waals surface area contributed by atoms with Crippen molar-refractivity contribution in [1.82, 2.24) is 5.32 Å². The summed E-state index contributed by atoms with van der Waals surface area (Å²) in [4.78, 5) is 13.6. The standard InChI is InChI=1S/C15H23NO2S/c1-10(2)15(3,18)9-16-14(17)12-8-19-13-7-5-4-6-11(12)13/h8,10,18H,4-7,9H2,1-3H3,(H,16,17). The maximum Gasteiger partial charge on any atom is 0.252 e. The molecule has 3 nitrogen and oxygen atoms in total. The Kier molecular flexibility index (Phi) is 4.31. The normalized spacial score (nSPS) is 17.9. The molecule has 1 aromatic rings. The zero-order chi connectivity index (χ0) is 14.0. The summed E-state index contributed by atoms with van der Waals surface area (Å²) >= 11 is 1.70. The van der Waals surface area contributed by atoms with Gasteiger partial charge in [-0.25, -0.2) is 0 Å². The summed E-state index contributed by atoms with van der Waals surface area (Å²) < 4.78 is 0. The molecular formula is C15H23NO2S. The van der Waals surface area contributed by atoms with Gasteiger partial charge in [-0.05, 0) is 44.1 Å². The second-order valence-corrected chi connectivity index (χ2v) is 6.92. The molecule has 0 bridgehead atoms. The van der Waals surface area contributed by atoms with Crippen molar-refractivity contribution in [1.29, 1.82) is 0 Å². The lowest BCUT2D eigenvalue weighted by Crippen LogP contribution is -2.44. The lowest BCUT2D eigenvalue weighted by Gasteiger charge is -2.27. The van der Waals surface area contributed by atoms with E-state index in [1.165, 1.54) is 23.3 Å². The highest BCUT2D eigenvalue weighted by atomic mass is 32.1. The van der Waals surface area contributed by atoms with E-state index in [1.54, 1.807) is 18.3 Å². The van der Waals surface area contributed by atoms with Crippen molar-refractivity contribution in [3.8, 4) is 0 Å². The van der Waals surface area contributed by atoms with Gasteiger partial charge in [0.2, 0.25) is 0 Å². The summed E-state index contributed by atoms with van der Waals surface area (Å²) in [5, 5.41) is 15.0. The van der Waals surface area contributed by atoms with Crippen LogP contribution in [0.15, 0.2) is 5.38 Å². The Balaban J connectivity index is 2.03. The fraction of sp³-hybridized carbons (Fsp3) is 0.667. The van der Waals surface area contributed by atoms with Crippen LogP contribution < -0.4 is 5.32 Å². The molecule has 106 valence electrons. The first-order chi connectivity index (χ1) is 8.92. The van der Waals surface area contributed by atoms with E-state index in [0.717, 1.165) is 18.4 Å². The SMILES string of the molecule is CC(C)C(C)(O)CNC(=O)c1csc2c1CCCC2. The number of hydrogen-bond donors (Lipinski definition) is 2. The molecule has 19 heavy (non-hydrogen) atoms. The molecule has 0 aromatic carbocycles. The molecule has 1 heterocycles. The Labute approximate surface area is 119 Å². The smallest absolute Gasteiger partial charge is 0.252 e. The maximum absolute atomic E-state index is 12.2. The minimum Gasteiger partial charge on any atom is -0.388 e. The summed E-state index contributed by atoms with van der Waals surface area (Å²) in [6.45, 7) is 5.98. The molecule has 2 rings (SSSR count). The predicted octanol–water partition coefficient (Wildman–Crippen LogP) is 2.76. The number of carbonyl (C=O) groups excluding carboxylic acids is 1. The third kappa shape index (κ3) is 3.18. The van der Waals surface area contributed by atoms with Crippen LogP contribution in [-0.4, -0.2) is 23.2 Å². The van der Waals surface area contributed by atoms with Gasteiger partial charge < -0.3 is 10.4 Å². The van der Waals surface area contributed by atoms with Crippen molar-refractivity contribution >= 4 is 17.2 Å². The number of carbonyl (C=O) groups is 1. The largest absolute Gasteiger partial charge is 0.388 e.